The van der Waals surface area contributed by atoms with Crippen molar-refractivity contribution in [3.05, 3.63) is 53.3 Å². The van der Waals surface area contributed by atoms with Crippen LogP contribution in [0.4, 0.5) is 10.1 Å². The number of phenolic OH excluding ortho intramolecular Hbond substituents is 1. The first-order valence-electron chi connectivity index (χ1n) is 5.96. The highest BCUT2D eigenvalue weighted by molar-refractivity contribution is 6.06. The molecule has 0 atom stereocenters. The summed E-state index contributed by atoms with van der Waals surface area (Å²) in [6.45, 7) is 1.72. The Morgan fingerprint density at radius 3 is 2.70 bits per heavy atom. The van der Waals surface area contributed by atoms with Crippen LogP contribution < -0.4 is 10.1 Å². The summed E-state index contributed by atoms with van der Waals surface area (Å²) in [6, 6.07) is 8.79. The van der Waals surface area contributed by atoms with E-state index in [-0.39, 0.29) is 17.1 Å². The van der Waals surface area contributed by atoms with Crippen molar-refractivity contribution in [1.82, 2.24) is 0 Å². The second-order valence-electron chi connectivity index (χ2n) is 4.33. The second kappa shape index (κ2) is 5.61. The van der Waals surface area contributed by atoms with E-state index in [0.29, 0.717) is 11.3 Å². The number of ether oxygens (including phenoxy) is 1. The number of anilines is 1. The molecule has 0 spiro atoms. The summed E-state index contributed by atoms with van der Waals surface area (Å²) in [7, 11) is 1.40. The molecule has 2 rings (SSSR count). The zero-order valence-electron chi connectivity index (χ0n) is 11.1. The number of methoxy groups -OCH3 is 1. The van der Waals surface area contributed by atoms with E-state index in [9.17, 15) is 14.3 Å². The van der Waals surface area contributed by atoms with E-state index in [1.807, 2.05) is 0 Å². The third-order valence-corrected chi connectivity index (χ3v) is 2.76. The number of nitrogens with one attached hydrogen (secondary N) is 1. The number of halogens is 1. The summed E-state index contributed by atoms with van der Waals surface area (Å²) in [4.78, 5) is 12.1. The SMILES string of the molecule is COc1cccc(C(=O)Nc2cc(C)cc(F)c2)c1O. The van der Waals surface area contributed by atoms with E-state index in [1.165, 1.54) is 25.3 Å². The van der Waals surface area contributed by atoms with Crippen molar-refractivity contribution in [2.45, 2.75) is 6.92 Å². The Hall–Kier alpha value is -2.56. The van der Waals surface area contributed by atoms with Crippen molar-refractivity contribution >= 4 is 11.6 Å². The molecule has 0 heterocycles. The molecule has 5 heteroatoms. The standard InChI is InChI=1S/C15H14FNO3/c1-9-6-10(16)8-11(7-9)17-15(19)12-4-3-5-13(20-2)14(12)18/h3-8,18H,1-2H3,(H,17,19). The van der Waals surface area contributed by atoms with Gasteiger partial charge in [-0.3, -0.25) is 4.79 Å². The van der Waals surface area contributed by atoms with Crippen molar-refractivity contribution in [3.8, 4) is 11.5 Å². The van der Waals surface area contributed by atoms with Gasteiger partial charge in [-0.2, -0.15) is 0 Å². The molecule has 104 valence electrons. The average Bonchev–Trinajstić information content (AvgIpc) is 2.37. The Balaban J connectivity index is 2.28. The van der Waals surface area contributed by atoms with Crippen LogP contribution in [0.25, 0.3) is 0 Å². The normalized spacial score (nSPS) is 10.2. The molecule has 2 aromatic carbocycles. The largest absolute Gasteiger partial charge is 0.504 e. The minimum absolute atomic E-state index is 0.0614. The van der Waals surface area contributed by atoms with Crippen LogP contribution in [0.2, 0.25) is 0 Å². The Morgan fingerprint density at radius 1 is 1.30 bits per heavy atom. The number of rotatable bonds is 3. The second-order valence-corrected chi connectivity index (χ2v) is 4.33. The molecule has 20 heavy (non-hydrogen) atoms. The van der Waals surface area contributed by atoms with Gasteiger partial charge < -0.3 is 15.2 Å². The van der Waals surface area contributed by atoms with Crippen LogP contribution >= 0.6 is 0 Å². The van der Waals surface area contributed by atoms with Crippen molar-refractivity contribution in [1.29, 1.82) is 0 Å². The maximum atomic E-state index is 13.3. The van der Waals surface area contributed by atoms with Gasteiger partial charge >= 0.3 is 0 Å². The van der Waals surface area contributed by atoms with Gasteiger partial charge in [-0.25, -0.2) is 4.39 Å². The Labute approximate surface area is 115 Å². The van der Waals surface area contributed by atoms with E-state index < -0.39 is 11.7 Å². The molecule has 0 bridgehead atoms. The Morgan fingerprint density at radius 2 is 2.05 bits per heavy atom. The molecule has 4 nitrogen and oxygen atoms in total. The van der Waals surface area contributed by atoms with Gasteiger partial charge in [-0.05, 0) is 42.8 Å². The highest BCUT2D eigenvalue weighted by Crippen LogP contribution is 2.29. The quantitative estimate of drug-likeness (QED) is 0.905. The van der Waals surface area contributed by atoms with Gasteiger partial charge in [0.25, 0.3) is 5.91 Å². The van der Waals surface area contributed by atoms with Crippen LogP contribution in [0.1, 0.15) is 15.9 Å². The fourth-order valence-electron chi connectivity index (χ4n) is 1.88. The summed E-state index contributed by atoms with van der Waals surface area (Å²) in [6.07, 6.45) is 0. The van der Waals surface area contributed by atoms with E-state index >= 15 is 0 Å². The van der Waals surface area contributed by atoms with Crippen LogP contribution in [-0.4, -0.2) is 18.1 Å². The molecule has 2 aromatic rings. The molecule has 0 unspecified atom stereocenters. The average molecular weight is 275 g/mol. The fraction of sp³-hybridized carbons (Fsp3) is 0.133. The van der Waals surface area contributed by atoms with Crippen LogP contribution in [-0.2, 0) is 0 Å². The van der Waals surface area contributed by atoms with E-state index in [1.54, 1.807) is 25.1 Å². The first-order chi connectivity index (χ1) is 9.51. The summed E-state index contributed by atoms with van der Waals surface area (Å²) in [5, 5.41) is 12.4. The highest BCUT2D eigenvalue weighted by atomic mass is 19.1. The lowest BCUT2D eigenvalue weighted by atomic mass is 10.1. The molecule has 1 amide bonds. The Kier molecular flexibility index (Phi) is 3.89. The first-order valence-corrected chi connectivity index (χ1v) is 5.96. The maximum absolute atomic E-state index is 13.3. The molecule has 2 N–H and O–H groups in total. The van der Waals surface area contributed by atoms with E-state index in [2.05, 4.69) is 5.32 Å². The van der Waals surface area contributed by atoms with Crippen LogP contribution in [0.15, 0.2) is 36.4 Å². The molecule has 0 aliphatic heterocycles. The lowest BCUT2D eigenvalue weighted by molar-refractivity contribution is 0.102. The number of benzene rings is 2. The van der Waals surface area contributed by atoms with Crippen molar-refractivity contribution in [2.24, 2.45) is 0 Å². The van der Waals surface area contributed by atoms with Gasteiger partial charge in [0.15, 0.2) is 11.5 Å². The summed E-state index contributed by atoms with van der Waals surface area (Å²) >= 11 is 0. The van der Waals surface area contributed by atoms with Crippen molar-refractivity contribution in [3.63, 3.8) is 0 Å². The first kappa shape index (κ1) is 13.9. The smallest absolute Gasteiger partial charge is 0.259 e. The van der Waals surface area contributed by atoms with Gasteiger partial charge in [0.05, 0.1) is 12.7 Å². The van der Waals surface area contributed by atoms with Crippen LogP contribution in [0.5, 0.6) is 11.5 Å². The fourth-order valence-corrected chi connectivity index (χ4v) is 1.88. The predicted octanol–water partition coefficient (Wildman–Crippen LogP) is 3.10. The molecule has 0 saturated carbocycles. The van der Waals surface area contributed by atoms with Gasteiger partial charge in [0.1, 0.15) is 5.82 Å². The third kappa shape index (κ3) is 2.88. The number of amides is 1. The molecule has 0 aromatic heterocycles. The van der Waals surface area contributed by atoms with Gasteiger partial charge in [-0.1, -0.05) is 6.07 Å². The molecule has 0 aliphatic rings. The molecule has 0 aliphatic carbocycles. The van der Waals surface area contributed by atoms with E-state index in [0.717, 1.165) is 0 Å². The minimum atomic E-state index is -0.536. The minimum Gasteiger partial charge on any atom is -0.504 e. The lowest BCUT2D eigenvalue weighted by Gasteiger charge is -2.10. The number of hydrogen-bond donors (Lipinski definition) is 2. The van der Waals surface area contributed by atoms with Gasteiger partial charge in [0, 0.05) is 5.69 Å². The summed E-state index contributed by atoms with van der Waals surface area (Å²) in [5.41, 5.74) is 1.08. The lowest BCUT2D eigenvalue weighted by Crippen LogP contribution is -2.12. The van der Waals surface area contributed by atoms with Crippen molar-refractivity contribution < 1.29 is 19.0 Å². The molecule has 0 saturated heterocycles. The van der Waals surface area contributed by atoms with Crippen molar-refractivity contribution in [2.75, 3.05) is 12.4 Å². The van der Waals surface area contributed by atoms with E-state index in [4.69, 9.17) is 4.74 Å². The molecular formula is C15H14FNO3. The highest BCUT2D eigenvalue weighted by Gasteiger charge is 2.15. The zero-order chi connectivity index (χ0) is 14.7. The monoisotopic (exact) mass is 275 g/mol. The zero-order valence-corrected chi connectivity index (χ0v) is 11.1. The van der Waals surface area contributed by atoms with Gasteiger partial charge in [-0.15, -0.1) is 0 Å². The number of hydrogen-bond acceptors (Lipinski definition) is 3. The molecule has 0 radical (unpaired) electrons. The Bertz CT molecular complexity index is 635. The van der Waals surface area contributed by atoms with Crippen LogP contribution in [0.3, 0.4) is 0 Å². The maximum Gasteiger partial charge on any atom is 0.259 e. The number of phenols is 1. The number of carbonyl (C=O) groups excluding carboxylic acids is 1. The summed E-state index contributed by atoms with van der Waals surface area (Å²) < 4.78 is 18.2. The van der Waals surface area contributed by atoms with Gasteiger partial charge in [0.2, 0.25) is 0 Å². The molecule has 0 fully saturated rings. The summed E-state index contributed by atoms with van der Waals surface area (Å²) in [5.74, 6) is -1.02. The molecular weight excluding hydrogens is 261 g/mol. The number of carbonyl (C=O) groups is 1. The third-order valence-electron chi connectivity index (χ3n) is 2.76. The predicted molar refractivity (Wildman–Crippen MR) is 73.7 cm³/mol. The van der Waals surface area contributed by atoms with Crippen LogP contribution in [0, 0.1) is 12.7 Å². The number of para-hydroxylation sites is 1. The topological polar surface area (TPSA) is 58.6 Å². The number of aromatic hydroxyl groups is 1. The number of aryl methyl sites for hydroxylation is 1.